The third kappa shape index (κ3) is 3.42. The molecule has 0 spiro atoms. The standard InChI is InChI=1S/C40H29NO6/c1-22(42)23-17-18-27-28(19-23)36(44)30-21-32-31(20-29(30)35(27)43)39(24-11-5-2-6-12-24)33-34(40(32,47-39)25-13-7-3-8-14-25)38(46)41(37(33)45)26-15-9-4-10-16-26/h2-16,20-21,23,33-34H,17-19H2,1H3. The zero-order valence-electron chi connectivity index (χ0n) is 25.6. The van der Waals surface area contributed by atoms with Gasteiger partial charge < -0.3 is 4.74 Å². The number of allylic oxidation sites excluding steroid dienone is 2. The van der Waals surface area contributed by atoms with Gasteiger partial charge in [0.15, 0.2) is 11.6 Å². The SMILES string of the molecule is CC(=O)C1CCC2=C(C1)C(=O)c1cc3c(cc1C2=O)C1(c2ccccc2)OC3(c2ccccc2)C2C(=O)N(c3ccccc3)C(=O)C21. The molecule has 3 aliphatic heterocycles. The summed E-state index contributed by atoms with van der Waals surface area (Å²) in [4.78, 5) is 71.4. The van der Waals surface area contributed by atoms with Crippen molar-refractivity contribution < 1.29 is 28.7 Å². The summed E-state index contributed by atoms with van der Waals surface area (Å²) >= 11 is 0. The van der Waals surface area contributed by atoms with Crippen molar-refractivity contribution in [1.82, 2.24) is 0 Å². The fourth-order valence-corrected chi connectivity index (χ4v) is 8.99. The normalized spacial score (nSPS) is 28.7. The molecule has 230 valence electrons. The minimum Gasteiger partial charge on any atom is -0.348 e. The van der Waals surface area contributed by atoms with Crippen LogP contribution >= 0.6 is 0 Å². The van der Waals surface area contributed by atoms with Gasteiger partial charge in [-0.15, -0.1) is 0 Å². The smallest absolute Gasteiger partial charge is 0.241 e. The Morgan fingerprint density at radius 2 is 1.15 bits per heavy atom. The van der Waals surface area contributed by atoms with E-state index in [0.29, 0.717) is 51.9 Å². The summed E-state index contributed by atoms with van der Waals surface area (Å²) in [6.45, 7) is 1.53. The van der Waals surface area contributed by atoms with Crippen molar-refractivity contribution in [3.63, 3.8) is 0 Å². The highest BCUT2D eigenvalue weighted by atomic mass is 16.5. The highest BCUT2D eigenvalue weighted by molar-refractivity contribution is 6.28. The zero-order chi connectivity index (χ0) is 32.2. The summed E-state index contributed by atoms with van der Waals surface area (Å²) in [6, 6.07) is 31.2. The van der Waals surface area contributed by atoms with E-state index in [0.717, 1.165) is 0 Å². The summed E-state index contributed by atoms with van der Waals surface area (Å²) < 4.78 is 7.29. The van der Waals surface area contributed by atoms with E-state index in [1.54, 1.807) is 36.4 Å². The van der Waals surface area contributed by atoms with E-state index in [4.69, 9.17) is 4.74 Å². The van der Waals surface area contributed by atoms with Crippen LogP contribution in [-0.2, 0) is 30.3 Å². The van der Waals surface area contributed by atoms with Crippen molar-refractivity contribution in [3.8, 4) is 0 Å². The highest BCUT2D eigenvalue weighted by Crippen LogP contribution is 2.71. The van der Waals surface area contributed by atoms with Crippen molar-refractivity contribution in [3.05, 3.63) is 148 Å². The van der Waals surface area contributed by atoms with Crippen molar-refractivity contribution in [2.75, 3.05) is 4.90 Å². The molecule has 2 aliphatic carbocycles. The fraction of sp³-hybridized carbons (Fsp3) is 0.225. The second-order valence-electron chi connectivity index (χ2n) is 13.2. The van der Waals surface area contributed by atoms with Gasteiger partial charge in [0.2, 0.25) is 11.8 Å². The molecule has 47 heavy (non-hydrogen) atoms. The van der Waals surface area contributed by atoms with Gasteiger partial charge in [-0.25, -0.2) is 4.90 Å². The number of fused-ring (bicyclic) bond motifs is 9. The molecule has 2 amide bonds. The van der Waals surface area contributed by atoms with Crippen LogP contribution in [0.2, 0.25) is 0 Å². The summed E-state index contributed by atoms with van der Waals surface area (Å²) in [5, 5.41) is 0. The first-order chi connectivity index (χ1) is 22.8. The second kappa shape index (κ2) is 9.62. The van der Waals surface area contributed by atoms with Crippen LogP contribution in [0, 0.1) is 17.8 Å². The van der Waals surface area contributed by atoms with E-state index in [2.05, 4.69) is 0 Å². The third-order valence-electron chi connectivity index (χ3n) is 11.1. The van der Waals surface area contributed by atoms with Crippen LogP contribution in [0.3, 0.4) is 0 Å². The third-order valence-corrected chi connectivity index (χ3v) is 11.1. The van der Waals surface area contributed by atoms with Crippen molar-refractivity contribution in [1.29, 1.82) is 0 Å². The lowest BCUT2D eigenvalue weighted by Gasteiger charge is -2.36. The minimum atomic E-state index is -1.42. The van der Waals surface area contributed by atoms with E-state index in [9.17, 15) is 24.0 Å². The maximum atomic E-state index is 14.7. The fourth-order valence-electron chi connectivity index (χ4n) is 8.99. The predicted molar refractivity (Wildman–Crippen MR) is 172 cm³/mol. The number of Topliss-reactive ketones (excluding diaryl/α,β-unsaturated/α-hetero) is 3. The van der Waals surface area contributed by atoms with Crippen LogP contribution in [0.15, 0.2) is 114 Å². The van der Waals surface area contributed by atoms with E-state index >= 15 is 0 Å². The van der Waals surface area contributed by atoms with Gasteiger partial charge in [0, 0.05) is 28.2 Å². The first-order valence-corrected chi connectivity index (χ1v) is 16.0. The van der Waals surface area contributed by atoms with Gasteiger partial charge in [-0.05, 0) is 72.7 Å². The number of hydrogen-bond acceptors (Lipinski definition) is 6. The Balaban J connectivity index is 1.33. The van der Waals surface area contributed by atoms with E-state index in [1.165, 1.54) is 11.8 Å². The van der Waals surface area contributed by atoms with Crippen LogP contribution in [0.5, 0.6) is 0 Å². The summed E-state index contributed by atoms with van der Waals surface area (Å²) in [5.74, 6) is -3.40. The molecule has 9 rings (SSSR count). The number of nitrogens with zero attached hydrogens (tertiary/aromatic N) is 1. The van der Waals surface area contributed by atoms with Gasteiger partial charge in [-0.2, -0.15) is 0 Å². The number of carbonyl (C=O) groups excluding carboxylic acids is 5. The first-order valence-electron chi connectivity index (χ1n) is 16.0. The number of anilines is 1. The van der Waals surface area contributed by atoms with Gasteiger partial charge in [-0.3, -0.25) is 24.0 Å². The van der Waals surface area contributed by atoms with E-state index < -0.39 is 23.0 Å². The Morgan fingerprint density at radius 3 is 1.64 bits per heavy atom. The molecule has 5 atom stereocenters. The quantitative estimate of drug-likeness (QED) is 0.257. The number of benzene rings is 4. The van der Waals surface area contributed by atoms with Gasteiger partial charge in [0.05, 0.1) is 17.5 Å². The number of para-hydroxylation sites is 1. The maximum Gasteiger partial charge on any atom is 0.241 e. The molecule has 5 unspecified atom stereocenters. The van der Waals surface area contributed by atoms with Crippen LogP contribution in [0.25, 0.3) is 0 Å². The molecule has 0 N–H and O–H groups in total. The van der Waals surface area contributed by atoms with Gasteiger partial charge in [0.1, 0.15) is 17.0 Å². The molecule has 5 aliphatic rings. The highest BCUT2D eigenvalue weighted by Gasteiger charge is 2.78. The summed E-state index contributed by atoms with van der Waals surface area (Å²) in [5.41, 5.74) is 1.65. The number of ketones is 3. The van der Waals surface area contributed by atoms with E-state index in [1.807, 2.05) is 66.7 Å². The number of amides is 2. The Morgan fingerprint density at radius 1 is 0.681 bits per heavy atom. The maximum absolute atomic E-state index is 14.7. The largest absolute Gasteiger partial charge is 0.348 e. The average Bonchev–Trinajstić information content (AvgIpc) is 3.70. The molecule has 7 heteroatoms. The molecular weight excluding hydrogens is 590 g/mol. The Labute approximate surface area is 270 Å². The molecule has 2 saturated heterocycles. The lowest BCUT2D eigenvalue weighted by atomic mass is 9.60. The van der Waals surface area contributed by atoms with Crippen molar-refractivity contribution in [2.45, 2.75) is 37.4 Å². The number of carbonyl (C=O) groups is 5. The summed E-state index contributed by atoms with van der Waals surface area (Å²) in [7, 11) is 0. The minimum absolute atomic E-state index is 0.00789. The molecular formula is C40H29NO6. The van der Waals surface area contributed by atoms with Gasteiger partial charge in [0.25, 0.3) is 0 Å². The number of rotatable bonds is 4. The van der Waals surface area contributed by atoms with Crippen LogP contribution < -0.4 is 4.90 Å². The molecule has 7 nitrogen and oxygen atoms in total. The van der Waals surface area contributed by atoms with Crippen LogP contribution in [0.4, 0.5) is 5.69 Å². The Bertz CT molecular complexity index is 2120. The van der Waals surface area contributed by atoms with Crippen molar-refractivity contribution >= 4 is 34.9 Å². The Hall–Kier alpha value is -5.27. The van der Waals surface area contributed by atoms with Crippen LogP contribution in [0.1, 0.15) is 69.2 Å². The Kier molecular flexibility index (Phi) is 5.73. The molecule has 4 aromatic carbocycles. The first kappa shape index (κ1) is 28.0. The lowest BCUT2D eigenvalue weighted by molar-refractivity contribution is -0.131. The molecule has 2 fully saturated rings. The topological polar surface area (TPSA) is 97.8 Å². The number of ether oxygens (including phenoxy) is 1. The van der Waals surface area contributed by atoms with Crippen molar-refractivity contribution in [2.24, 2.45) is 17.8 Å². The average molecular weight is 620 g/mol. The molecule has 0 radical (unpaired) electrons. The zero-order valence-corrected chi connectivity index (χ0v) is 25.6. The lowest BCUT2D eigenvalue weighted by Crippen LogP contribution is -2.43. The van der Waals surface area contributed by atoms with Gasteiger partial charge >= 0.3 is 0 Å². The van der Waals surface area contributed by atoms with Crippen LogP contribution in [-0.4, -0.2) is 29.2 Å². The molecule has 0 aromatic heterocycles. The predicted octanol–water partition coefficient (Wildman–Crippen LogP) is 6.09. The monoisotopic (exact) mass is 619 g/mol. The summed E-state index contributed by atoms with van der Waals surface area (Å²) in [6.07, 6.45) is 1.12. The molecule has 3 heterocycles. The second-order valence-corrected chi connectivity index (χ2v) is 13.2. The molecule has 4 aromatic rings. The molecule has 2 bridgehead atoms. The van der Waals surface area contributed by atoms with E-state index in [-0.39, 0.29) is 52.6 Å². The molecule has 0 saturated carbocycles. The van der Waals surface area contributed by atoms with Gasteiger partial charge in [-0.1, -0.05) is 78.9 Å². The number of hydrogen-bond donors (Lipinski definition) is 0. The number of imide groups is 1.